The van der Waals surface area contributed by atoms with Crippen molar-refractivity contribution < 1.29 is 9.84 Å². The lowest BCUT2D eigenvalue weighted by atomic mass is 9.84. The van der Waals surface area contributed by atoms with Crippen molar-refractivity contribution in [2.24, 2.45) is 17.6 Å². The van der Waals surface area contributed by atoms with Crippen LogP contribution in [0, 0.1) is 11.8 Å². The Balaban J connectivity index is 1.90. The molecule has 3 N–H and O–H groups in total. The maximum absolute atomic E-state index is 8.72. The van der Waals surface area contributed by atoms with Crippen molar-refractivity contribution in [2.75, 3.05) is 19.8 Å². The van der Waals surface area contributed by atoms with Crippen LogP contribution in [0.4, 0.5) is 0 Å². The second-order valence-corrected chi connectivity index (χ2v) is 4.77. The highest BCUT2D eigenvalue weighted by molar-refractivity contribution is 5.03. The van der Waals surface area contributed by atoms with Gasteiger partial charge in [0.2, 0.25) is 0 Å². The zero-order valence-electron chi connectivity index (χ0n) is 8.74. The molecule has 3 atom stereocenters. The molecule has 3 heteroatoms. The molecule has 0 heterocycles. The van der Waals surface area contributed by atoms with Crippen molar-refractivity contribution in [3.05, 3.63) is 0 Å². The topological polar surface area (TPSA) is 55.5 Å². The fraction of sp³-hybridized carbons (Fsp3) is 1.00. The quantitative estimate of drug-likeness (QED) is 0.647. The van der Waals surface area contributed by atoms with Gasteiger partial charge in [-0.05, 0) is 43.9 Å². The lowest BCUT2D eigenvalue weighted by molar-refractivity contribution is -0.0793. The number of rotatable bonds is 5. The molecule has 0 spiro atoms. The molecule has 0 aromatic heterocycles. The summed E-state index contributed by atoms with van der Waals surface area (Å²) in [6, 6.07) is 0. The Bertz CT molecular complexity index is 198. The summed E-state index contributed by atoms with van der Waals surface area (Å²) in [5.74, 6) is 1.55. The van der Waals surface area contributed by atoms with Crippen molar-refractivity contribution in [3.8, 4) is 0 Å². The lowest BCUT2D eigenvalue weighted by Crippen LogP contribution is -2.45. The zero-order valence-corrected chi connectivity index (χ0v) is 8.74. The molecule has 0 aromatic carbocycles. The van der Waals surface area contributed by atoms with Crippen molar-refractivity contribution in [3.63, 3.8) is 0 Å². The SMILES string of the molecule is NCC1(OCCCO)CC2CCC1C2. The van der Waals surface area contributed by atoms with Crippen LogP contribution in [-0.2, 0) is 4.74 Å². The van der Waals surface area contributed by atoms with E-state index in [1.165, 1.54) is 19.3 Å². The average Bonchev–Trinajstić information content (AvgIpc) is 2.78. The molecular weight excluding hydrogens is 178 g/mol. The largest absolute Gasteiger partial charge is 0.396 e. The van der Waals surface area contributed by atoms with Gasteiger partial charge in [0.15, 0.2) is 0 Å². The second kappa shape index (κ2) is 4.17. The van der Waals surface area contributed by atoms with Crippen LogP contribution in [-0.4, -0.2) is 30.5 Å². The number of ether oxygens (including phenoxy) is 1. The van der Waals surface area contributed by atoms with Gasteiger partial charge in [-0.1, -0.05) is 0 Å². The van der Waals surface area contributed by atoms with Gasteiger partial charge in [0, 0.05) is 19.8 Å². The molecule has 2 bridgehead atoms. The van der Waals surface area contributed by atoms with Crippen LogP contribution >= 0.6 is 0 Å². The average molecular weight is 199 g/mol. The second-order valence-electron chi connectivity index (χ2n) is 4.77. The highest BCUT2D eigenvalue weighted by atomic mass is 16.5. The van der Waals surface area contributed by atoms with E-state index in [0.717, 1.165) is 18.8 Å². The Hall–Kier alpha value is -0.120. The van der Waals surface area contributed by atoms with Gasteiger partial charge >= 0.3 is 0 Å². The van der Waals surface area contributed by atoms with E-state index in [0.29, 0.717) is 19.1 Å². The zero-order chi connectivity index (χ0) is 10.0. The van der Waals surface area contributed by atoms with Crippen LogP contribution in [0.1, 0.15) is 32.1 Å². The summed E-state index contributed by atoms with van der Waals surface area (Å²) in [5, 5.41) is 8.72. The van der Waals surface area contributed by atoms with Crippen molar-refractivity contribution in [2.45, 2.75) is 37.7 Å². The van der Waals surface area contributed by atoms with E-state index in [-0.39, 0.29) is 12.2 Å². The van der Waals surface area contributed by atoms with Crippen molar-refractivity contribution >= 4 is 0 Å². The van der Waals surface area contributed by atoms with E-state index in [2.05, 4.69) is 0 Å². The predicted octanol–water partition coefficient (Wildman–Crippen LogP) is 0.903. The molecule has 2 saturated carbocycles. The molecule has 82 valence electrons. The number of aliphatic hydroxyl groups is 1. The van der Waals surface area contributed by atoms with Crippen LogP contribution in [0.25, 0.3) is 0 Å². The van der Waals surface area contributed by atoms with Crippen molar-refractivity contribution in [1.82, 2.24) is 0 Å². The number of hydrogen-bond donors (Lipinski definition) is 2. The molecular formula is C11H21NO2. The normalized spacial score (nSPS) is 40.7. The summed E-state index contributed by atoms with van der Waals surface area (Å²) in [4.78, 5) is 0. The number of hydrogen-bond acceptors (Lipinski definition) is 3. The van der Waals surface area contributed by atoms with Crippen LogP contribution < -0.4 is 5.73 Å². The van der Waals surface area contributed by atoms with E-state index in [1.54, 1.807) is 0 Å². The Kier molecular flexibility index (Phi) is 3.10. The third-order valence-corrected chi connectivity index (χ3v) is 3.96. The van der Waals surface area contributed by atoms with Crippen LogP contribution in [0.5, 0.6) is 0 Å². The summed E-state index contributed by atoms with van der Waals surface area (Å²) < 4.78 is 5.93. The van der Waals surface area contributed by atoms with Gasteiger partial charge in [-0.25, -0.2) is 0 Å². The molecule has 2 aliphatic rings. The van der Waals surface area contributed by atoms with Gasteiger partial charge in [0.05, 0.1) is 5.60 Å². The summed E-state index contributed by atoms with van der Waals surface area (Å²) in [7, 11) is 0. The fourth-order valence-electron chi connectivity index (χ4n) is 3.22. The molecule has 0 radical (unpaired) electrons. The molecule has 0 aromatic rings. The van der Waals surface area contributed by atoms with Crippen LogP contribution in [0.15, 0.2) is 0 Å². The summed E-state index contributed by atoms with van der Waals surface area (Å²) in [6.45, 7) is 1.53. The van der Waals surface area contributed by atoms with Gasteiger partial charge in [-0.2, -0.15) is 0 Å². The molecule has 14 heavy (non-hydrogen) atoms. The predicted molar refractivity (Wildman–Crippen MR) is 54.9 cm³/mol. The monoisotopic (exact) mass is 199 g/mol. The third kappa shape index (κ3) is 1.69. The maximum Gasteiger partial charge on any atom is 0.0834 e. The standard InChI is InChI=1S/C11H21NO2/c12-8-11(14-5-1-4-13)7-9-2-3-10(11)6-9/h9-10,13H,1-8,12H2. The Labute approximate surface area is 85.6 Å². The summed E-state index contributed by atoms with van der Waals surface area (Å²) >= 11 is 0. The first-order chi connectivity index (χ1) is 6.80. The van der Waals surface area contributed by atoms with Gasteiger partial charge in [-0.15, -0.1) is 0 Å². The third-order valence-electron chi connectivity index (χ3n) is 3.96. The molecule has 2 fully saturated rings. The molecule has 2 aliphatic carbocycles. The first-order valence-corrected chi connectivity index (χ1v) is 5.75. The van der Waals surface area contributed by atoms with Crippen LogP contribution in [0.2, 0.25) is 0 Å². The van der Waals surface area contributed by atoms with Gasteiger partial charge in [-0.3, -0.25) is 0 Å². The van der Waals surface area contributed by atoms with E-state index >= 15 is 0 Å². The molecule has 0 saturated heterocycles. The van der Waals surface area contributed by atoms with Gasteiger partial charge in [0.1, 0.15) is 0 Å². The van der Waals surface area contributed by atoms with Crippen molar-refractivity contribution in [1.29, 1.82) is 0 Å². The first-order valence-electron chi connectivity index (χ1n) is 5.75. The highest BCUT2D eigenvalue weighted by Gasteiger charge is 2.50. The van der Waals surface area contributed by atoms with E-state index in [1.807, 2.05) is 0 Å². The Morgan fingerprint density at radius 2 is 2.29 bits per heavy atom. The minimum atomic E-state index is -0.0297. The summed E-state index contributed by atoms with van der Waals surface area (Å²) in [5.41, 5.74) is 5.82. The van der Waals surface area contributed by atoms with Crippen LogP contribution in [0.3, 0.4) is 0 Å². The lowest BCUT2D eigenvalue weighted by Gasteiger charge is -2.36. The molecule has 3 unspecified atom stereocenters. The molecule has 3 nitrogen and oxygen atoms in total. The number of nitrogens with two attached hydrogens (primary N) is 1. The fourth-order valence-corrected chi connectivity index (χ4v) is 3.22. The van der Waals surface area contributed by atoms with Gasteiger partial charge < -0.3 is 15.6 Å². The van der Waals surface area contributed by atoms with E-state index in [4.69, 9.17) is 15.6 Å². The Morgan fingerprint density at radius 3 is 2.79 bits per heavy atom. The maximum atomic E-state index is 8.72. The smallest absolute Gasteiger partial charge is 0.0834 e. The molecule has 0 amide bonds. The number of fused-ring (bicyclic) bond motifs is 2. The molecule has 2 rings (SSSR count). The van der Waals surface area contributed by atoms with E-state index in [9.17, 15) is 0 Å². The number of aliphatic hydroxyl groups excluding tert-OH is 1. The van der Waals surface area contributed by atoms with Gasteiger partial charge in [0.25, 0.3) is 0 Å². The highest BCUT2D eigenvalue weighted by Crippen LogP contribution is 2.52. The Morgan fingerprint density at radius 1 is 1.43 bits per heavy atom. The summed E-state index contributed by atoms with van der Waals surface area (Å²) in [6.07, 6.45) is 5.87. The first kappa shape index (κ1) is 10.4. The molecule has 0 aliphatic heterocycles. The minimum absolute atomic E-state index is 0.0297. The minimum Gasteiger partial charge on any atom is -0.396 e. The van der Waals surface area contributed by atoms with E-state index < -0.39 is 0 Å².